The first kappa shape index (κ1) is 44.7. The summed E-state index contributed by atoms with van der Waals surface area (Å²) in [6.45, 7) is 24.2. The van der Waals surface area contributed by atoms with Crippen LogP contribution in [0.2, 0.25) is 0 Å². The van der Waals surface area contributed by atoms with Crippen LogP contribution in [0.1, 0.15) is 210 Å². The zero-order valence-corrected chi connectivity index (χ0v) is 39.1. The SMILES string of the molecule is CC(C)CCC[C@@H](C)[C@H]1CC[C@H]2[C@@H]3CCC4=C(F)C(=O)CC[C@]4(C)[C@H]3CC[C@]12C.CC(C)CCC[C@@H](C)[C@H]1CC[C@H]2[C@@H]3CCC4=C(F)C(=O)CC[C@]4(C)[C@H]3CC[C@]12C. The van der Waals surface area contributed by atoms with Crippen LogP contribution in [-0.4, -0.2) is 11.6 Å². The number of allylic oxidation sites excluding steroid dienone is 2. The fourth-order valence-electron chi connectivity index (χ4n) is 17.3. The third kappa shape index (κ3) is 7.74. The number of rotatable bonds is 10. The molecule has 0 heterocycles. The van der Waals surface area contributed by atoms with Gasteiger partial charge in [-0.05, 0) is 194 Å². The molecule has 0 radical (unpaired) electrons. The van der Waals surface area contributed by atoms with Gasteiger partial charge in [0, 0.05) is 12.8 Å². The largest absolute Gasteiger partial charge is 0.292 e. The molecule has 0 aromatic heterocycles. The molecule has 0 bridgehead atoms. The highest BCUT2D eigenvalue weighted by molar-refractivity contribution is 5.95. The number of carbonyl (C=O) groups excluding carboxylic acids is 2. The molecular weight excluding hydrogens is 719 g/mol. The number of carbonyl (C=O) groups is 2. The van der Waals surface area contributed by atoms with Crippen molar-refractivity contribution in [1.29, 1.82) is 0 Å². The molecule has 8 aliphatic rings. The molecule has 6 saturated carbocycles. The first-order valence-corrected chi connectivity index (χ1v) is 25.2. The average molecular weight is 805 g/mol. The molecule has 328 valence electrons. The minimum absolute atomic E-state index is 0.0524. The van der Waals surface area contributed by atoms with E-state index in [4.69, 9.17) is 0 Å². The van der Waals surface area contributed by atoms with Crippen LogP contribution in [0.3, 0.4) is 0 Å². The van der Waals surface area contributed by atoms with Crippen molar-refractivity contribution in [2.24, 2.45) is 92.7 Å². The molecule has 0 aromatic carbocycles. The fourth-order valence-corrected chi connectivity index (χ4v) is 17.3. The third-order valence-corrected chi connectivity index (χ3v) is 20.5. The molecule has 0 saturated heterocycles. The van der Waals surface area contributed by atoms with E-state index in [9.17, 15) is 18.4 Å². The Bertz CT molecular complexity index is 1470. The van der Waals surface area contributed by atoms with Crippen molar-refractivity contribution in [3.8, 4) is 0 Å². The highest BCUT2D eigenvalue weighted by Gasteiger charge is 2.62. The maximum Gasteiger partial charge on any atom is 0.191 e. The molecule has 8 aliphatic carbocycles. The van der Waals surface area contributed by atoms with E-state index in [0.717, 1.165) is 109 Å². The van der Waals surface area contributed by atoms with Crippen LogP contribution in [0.15, 0.2) is 22.8 Å². The molecular formula is C54H86F2O2. The number of Topliss-reactive ketones (excluding diaryl/α,β-unsaturated/α-hetero) is 2. The van der Waals surface area contributed by atoms with Crippen LogP contribution >= 0.6 is 0 Å². The minimum Gasteiger partial charge on any atom is -0.292 e. The normalized spacial score (nSPS) is 43.2. The molecule has 0 amide bonds. The van der Waals surface area contributed by atoms with Gasteiger partial charge in [0.2, 0.25) is 0 Å². The Labute approximate surface area is 354 Å². The number of halogens is 2. The van der Waals surface area contributed by atoms with Crippen molar-refractivity contribution < 1.29 is 18.4 Å². The van der Waals surface area contributed by atoms with Gasteiger partial charge in [-0.15, -0.1) is 0 Å². The zero-order valence-electron chi connectivity index (χ0n) is 39.1. The summed E-state index contributed by atoms with van der Waals surface area (Å²) in [4.78, 5) is 24.0. The van der Waals surface area contributed by atoms with E-state index in [0.29, 0.717) is 35.5 Å². The molecule has 8 rings (SSSR count). The fraction of sp³-hybridized carbons (Fsp3) is 0.889. The number of ketones is 2. The van der Waals surface area contributed by atoms with Crippen LogP contribution < -0.4 is 0 Å². The molecule has 0 aromatic rings. The lowest BCUT2D eigenvalue weighted by Crippen LogP contribution is -2.51. The quantitative estimate of drug-likeness (QED) is 0.220. The Morgan fingerprint density at radius 3 is 1.22 bits per heavy atom. The predicted octanol–water partition coefficient (Wildman–Crippen LogP) is 15.8. The maximum absolute atomic E-state index is 14.7. The molecule has 6 fully saturated rings. The second-order valence-corrected chi connectivity index (χ2v) is 24.2. The smallest absolute Gasteiger partial charge is 0.191 e. The summed E-state index contributed by atoms with van der Waals surface area (Å²) >= 11 is 0. The van der Waals surface area contributed by atoms with Crippen molar-refractivity contribution in [3.63, 3.8) is 0 Å². The zero-order chi connectivity index (χ0) is 41.9. The van der Waals surface area contributed by atoms with Gasteiger partial charge in [-0.3, -0.25) is 9.59 Å². The second-order valence-electron chi connectivity index (χ2n) is 24.2. The summed E-state index contributed by atoms with van der Waals surface area (Å²) in [7, 11) is 0. The average Bonchev–Trinajstić information content (AvgIpc) is 3.72. The topological polar surface area (TPSA) is 34.1 Å². The number of fused-ring (bicyclic) bond motifs is 10. The highest BCUT2D eigenvalue weighted by atomic mass is 19.1. The van der Waals surface area contributed by atoms with Gasteiger partial charge in [0.15, 0.2) is 23.2 Å². The minimum atomic E-state index is -0.353. The molecule has 4 heteroatoms. The van der Waals surface area contributed by atoms with E-state index in [2.05, 4.69) is 69.2 Å². The van der Waals surface area contributed by atoms with E-state index in [1.807, 2.05) is 0 Å². The van der Waals surface area contributed by atoms with E-state index < -0.39 is 0 Å². The van der Waals surface area contributed by atoms with Crippen LogP contribution in [0.4, 0.5) is 8.78 Å². The highest BCUT2D eigenvalue weighted by Crippen LogP contribution is 2.70. The van der Waals surface area contributed by atoms with E-state index in [1.54, 1.807) is 0 Å². The maximum atomic E-state index is 14.7. The van der Waals surface area contributed by atoms with Crippen molar-refractivity contribution >= 4 is 11.6 Å². The van der Waals surface area contributed by atoms with Crippen molar-refractivity contribution in [1.82, 2.24) is 0 Å². The van der Waals surface area contributed by atoms with Crippen molar-refractivity contribution in [2.75, 3.05) is 0 Å². The van der Waals surface area contributed by atoms with Crippen LogP contribution in [0.25, 0.3) is 0 Å². The summed E-state index contributed by atoms with van der Waals surface area (Å²) < 4.78 is 29.5. The van der Waals surface area contributed by atoms with Crippen molar-refractivity contribution in [3.05, 3.63) is 22.8 Å². The van der Waals surface area contributed by atoms with Crippen LogP contribution in [0, 0.1) is 92.7 Å². The lowest BCUT2D eigenvalue weighted by atomic mass is 9.46. The van der Waals surface area contributed by atoms with Gasteiger partial charge in [0.05, 0.1) is 0 Å². The van der Waals surface area contributed by atoms with Gasteiger partial charge in [0.25, 0.3) is 0 Å². The standard InChI is InChI=1S/2C27H43FO/c2*1-17(2)7-6-8-18(3)20-11-12-21-19-9-10-23-25(28)24(29)14-16-27(23,5)22(19)13-15-26(20,21)4/h2*17-22H,6-16H2,1-5H3/t2*18-,19+,20-,21+,22+,26-,27-/m11/s1. The molecule has 0 spiro atoms. The molecule has 2 nitrogen and oxygen atoms in total. The number of hydrogen-bond donors (Lipinski definition) is 0. The van der Waals surface area contributed by atoms with Gasteiger partial charge in [-0.1, -0.05) is 108 Å². The lowest BCUT2D eigenvalue weighted by molar-refractivity contribution is -0.121. The van der Waals surface area contributed by atoms with Crippen molar-refractivity contribution in [2.45, 2.75) is 210 Å². The summed E-state index contributed by atoms with van der Waals surface area (Å²) in [5.74, 6) is 8.20. The third-order valence-electron chi connectivity index (χ3n) is 20.5. The van der Waals surface area contributed by atoms with E-state index >= 15 is 0 Å². The Kier molecular flexibility index (Phi) is 13.2. The second kappa shape index (κ2) is 17.1. The Balaban J connectivity index is 0.000000177. The summed E-state index contributed by atoms with van der Waals surface area (Å²) in [6.07, 6.45) is 25.4. The molecule has 0 unspecified atom stereocenters. The molecule has 0 N–H and O–H groups in total. The number of hydrogen-bond acceptors (Lipinski definition) is 2. The van der Waals surface area contributed by atoms with Gasteiger partial charge in [-0.2, -0.15) is 0 Å². The first-order valence-electron chi connectivity index (χ1n) is 25.2. The Morgan fingerprint density at radius 1 is 0.483 bits per heavy atom. The summed E-state index contributed by atoms with van der Waals surface area (Å²) in [6, 6.07) is 0. The van der Waals surface area contributed by atoms with E-state index in [-0.39, 0.29) is 34.1 Å². The lowest BCUT2D eigenvalue weighted by Gasteiger charge is -2.58. The molecule has 0 aliphatic heterocycles. The molecule has 14 atom stereocenters. The molecule has 58 heavy (non-hydrogen) atoms. The Morgan fingerprint density at radius 2 is 0.862 bits per heavy atom. The van der Waals surface area contributed by atoms with Crippen LogP contribution in [-0.2, 0) is 9.59 Å². The van der Waals surface area contributed by atoms with Crippen LogP contribution in [0.5, 0.6) is 0 Å². The first-order chi connectivity index (χ1) is 27.4. The summed E-state index contributed by atoms with van der Waals surface area (Å²) in [5.41, 5.74) is 2.66. The van der Waals surface area contributed by atoms with Gasteiger partial charge < -0.3 is 0 Å². The van der Waals surface area contributed by atoms with Gasteiger partial charge >= 0.3 is 0 Å². The Hall–Kier alpha value is -1.32. The van der Waals surface area contributed by atoms with Gasteiger partial charge in [0.1, 0.15) is 0 Å². The monoisotopic (exact) mass is 805 g/mol. The predicted molar refractivity (Wildman–Crippen MR) is 236 cm³/mol. The van der Waals surface area contributed by atoms with Gasteiger partial charge in [-0.25, -0.2) is 8.78 Å². The van der Waals surface area contributed by atoms with E-state index in [1.165, 1.54) is 89.9 Å². The summed E-state index contributed by atoms with van der Waals surface area (Å²) in [5, 5.41) is 0.